The molecule has 1 aromatic heterocycles. The highest BCUT2D eigenvalue weighted by Crippen LogP contribution is 2.19. The predicted molar refractivity (Wildman–Crippen MR) is 67.9 cm³/mol. The van der Waals surface area contributed by atoms with Crippen LogP contribution in [-0.4, -0.2) is 16.1 Å². The fraction of sp³-hybridized carbons (Fsp3) is 0.500. The van der Waals surface area contributed by atoms with Crippen molar-refractivity contribution < 1.29 is 9.53 Å². The van der Waals surface area contributed by atoms with Crippen molar-refractivity contribution in [1.82, 2.24) is 4.57 Å². The summed E-state index contributed by atoms with van der Waals surface area (Å²) in [7, 11) is 0. The van der Waals surface area contributed by atoms with Crippen LogP contribution in [0.5, 0.6) is 0 Å². The van der Waals surface area contributed by atoms with E-state index < -0.39 is 5.60 Å². The highest BCUT2D eigenvalue weighted by Gasteiger charge is 2.21. The van der Waals surface area contributed by atoms with Crippen molar-refractivity contribution in [2.24, 2.45) is 0 Å². The van der Waals surface area contributed by atoms with Crippen molar-refractivity contribution in [3.05, 3.63) is 23.0 Å². The molecular weight excluding hydrogens is 214 g/mol. The Morgan fingerprint density at radius 3 is 2.53 bits per heavy atom. The summed E-state index contributed by atoms with van der Waals surface area (Å²) >= 11 is 0. The summed E-state index contributed by atoms with van der Waals surface area (Å²) < 4.78 is 7.28. The van der Waals surface area contributed by atoms with Crippen molar-refractivity contribution >= 4 is 5.97 Å². The van der Waals surface area contributed by atoms with E-state index in [9.17, 15) is 4.79 Å². The lowest BCUT2D eigenvalue weighted by molar-refractivity contribution is 0.00687. The lowest BCUT2D eigenvalue weighted by Gasteiger charge is -2.19. The van der Waals surface area contributed by atoms with Gasteiger partial charge in [-0.05, 0) is 40.7 Å². The number of terminal acetylenes is 1. The summed E-state index contributed by atoms with van der Waals surface area (Å²) in [4.78, 5) is 12.0. The average molecular weight is 233 g/mol. The molecule has 3 heteroatoms. The third kappa shape index (κ3) is 3.13. The van der Waals surface area contributed by atoms with E-state index in [2.05, 4.69) is 5.92 Å². The molecule has 0 bridgehead atoms. The molecule has 92 valence electrons. The molecule has 0 amide bonds. The number of carbonyl (C=O) groups excluding carboxylic acids is 1. The molecule has 0 unspecified atom stereocenters. The predicted octanol–water partition coefficient (Wildman–Crippen LogP) is 2.69. The molecule has 0 saturated carbocycles. The second kappa shape index (κ2) is 4.67. The van der Waals surface area contributed by atoms with Gasteiger partial charge in [0.05, 0.1) is 12.1 Å². The molecule has 0 radical (unpaired) electrons. The molecule has 1 heterocycles. The monoisotopic (exact) mass is 233 g/mol. The molecule has 0 aliphatic rings. The lowest BCUT2D eigenvalue weighted by atomic mass is 10.2. The van der Waals surface area contributed by atoms with E-state index in [1.807, 2.05) is 45.3 Å². The van der Waals surface area contributed by atoms with Crippen molar-refractivity contribution in [3.8, 4) is 12.3 Å². The quantitative estimate of drug-likeness (QED) is 0.581. The van der Waals surface area contributed by atoms with Gasteiger partial charge in [-0.2, -0.15) is 0 Å². The topological polar surface area (TPSA) is 31.2 Å². The van der Waals surface area contributed by atoms with E-state index in [1.165, 1.54) is 0 Å². The smallest absolute Gasteiger partial charge is 0.340 e. The SMILES string of the molecule is C#CCn1c(C)cc(C(=O)OC(C)(C)C)c1C. The maximum atomic E-state index is 12.0. The van der Waals surface area contributed by atoms with Gasteiger partial charge in [-0.3, -0.25) is 0 Å². The number of hydrogen-bond acceptors (Lipinski definition) is 2. The Morgan fingerprint density at radius 1 is 1.47 bits per heavy atom. The minimum Gasteiger partial charge on any atom is -0.456 e. The van der Waals surface area contributed by atoms with Gasteiger partial charge in [0.1, 0.15) is 5.60 Å². The van der Waals surface area contributed by atoms with Crippen LogP contribution in [0.2, 0.25) is 0 Å². The fourth-order valence-corrected chi connectivity index (χ4v) is 1.68. The Bertz CT molecular complexity index is 470. The molecule has 17 heavy (non-hydrogen) atoms. The molecule has 0 fully saturated rings. The zero-order chi connectivity index (χ0) is 13.2. The first-order chi connectivity index (χ1) is 7.76. The number of aromatic nitrogens is 1. The van der Waals surface area contributed by atoms with Crippen LogP contribution in [-0.2, 0) is 11.3 Å². The van der Waals surface area contributed by atoms with Crippen LogP contribution in [0, 0.1) is 26.2 Å². The minimum atomic E-state index is -0.481. The first-order valence-electron chi connectivity index (χ1n) is 5.60. The summed E-state index contributed by atoms with van der Waals surface area (Å²) in [5, 5.41) is 0. The van der Waals surface area contributed by atoms with Crippen LogP contribution in [0.25, 0.3) is 0 Å². The van der Waals surface area contributed by atoms with Crippen LogP contribution < -0.4 is 0 Å². The van der Waals surface area contributed by atoms with Crippen molar-refractivity contribution in [2.45, 2.75) is 46.8 Å². The number of aryl methyl sites for hydroxylation is 1. The normalized spacial score (nSPS) is 11.1. The van der Waals surface area contributed by atoms with Crippen LogP contribution in [0.15, 0.2) is 6.07 Å². The number of nitrogens with zero attached hydrogens (tertiary/aromatic N) is 1. The summed E-state index contributed by atoms with van der Waals surface area (Å²) in [6, 6.07) is 1.82. The van der Waals surface area contributed by atoms with Gasteiger partial charge < -0.3 is 9.30 Å². The van der Waals surface area contributed by atoms with Crippen LogP contribution in [0.3, 0.4) is 0 Å². The first kappa shape index (κ1) is 13.4. The van der Waals surface area contributed by atoms with Crippen LogP contribution in [0.1, 0.15) is 42.5 Å². The Kier molecular flexibility index (Phi) is 3.67. The molecule has 0 aliphatic carbocycles. The van der Waals surface area contributed by atoms with Gasteiger partial charge in [0, 0.05) is 11.4 Å². The Balaban J connectivity index is 3.05. The molecule has 0 saturated heterocycles. The zero-order valence-corrected chi connectivity index (χ0v) is 11.1. The molecular formula is C14H19NO2. The number of hydrogen-bond donors (Lipinski definition) is 0. The average Bonchev–Trinajstić information content (AvgIpc) is 2.43. The van der Waals surface area contributed by atoms with E-state index in [0.29, 0.717) is 12.1 Å². The van der Waals surface area contributed by atoms with Gasteiger partial charge in [0.25, 0.3) is 0 Å². The van der Waals surface area contributed by atoms with Gasteiger partial charge in [0.2, 0.25) is 0 Å². The third-order valence-electron chi connectivity index (χ3n) is 2.44. The molecule has 0 N–H and O–H groups in total. The van der Waals surface area contributed by atoms with Crippen LogP contribution >= 0.6 is 0 Å². The van der Waals surface area contributed by atoms with Gasteiger partial charge in [-0.1, -0.05) is 5.92 Å². The number of esters is 1. The lowest BCUT2D eigenvalue weighted by Crippen LogP contribution is -2.24. The molecule has 1 rings (SSSR count). The van der Waals surface area contributed by atoms with E-state index in [1.54, 1.807) is 0 Å². The second-order valence-corrected chi connectivity index (χ2v) is 5.08. The maximum absolute atomic E-state index is 12.0. The second-order valence-electron chi connectivity index (χ2n) is 5.08. The molecule has 0 spiro atoms. The van der Waals surface area contributed by atoms with E-state index in [4.69, 9.17) is 11.2 Å². The Morgan fingerprint density at radius 2 is 2.06 bits per heavy atom. The summed E-state index contributed by atoms with van der Waals surface area (Å²) in [6.45, 7) is 9.84. The molecule has 0 atom stereocenters. The number of rotatable bonds is 2. The summed E-state index contributed by atoms with van der Waals surface area (Å²) in [5.41, 5.74) is 1.94. The van der Waals surface area contributed by atoms with E-state index >= 15 is 0 Å². The first-order valence-corrected chi connectivity index (χ1v) is 5.60. The largest absolute Gasteiger partial charge is 0.456 e. The highest BCUT2D eigenvalue weighted by atomic mass is 16.6. The third-order valence-corrected chi connectivity index (χ3v) is 2.44. The standard InChI is InChI=1S/C14H19NO2/c1-7-8-15-10(2)9-12(11(15)3)13(16)17-14(4,5)6/h1,9H,8H2,2-6H3. The van der Waals surface area contributed by atoms with Gasteiger partial charge in [-0.25, -0.2) is 4.79 Å². The number of carbonyl (C=O) groups is 1. The van der Waals surface area contributed by atoms with E-state index in [0.717, 1.165) is 11.4 Å². The molecule has 0 aromatic carbocycles. The van der Waals surface area contributed by atoms with Crippen molar-refractivity contribution in [3.63, 3.8) is 0 Å². The van der Waals surface area contributed by atoms with Gasteiger partial charge in [0.15, 0.2) is 0 Å². The van der Waals surface area contributed by atoms with Gasteiger partial charge in [-0.15, -0.1) is 6.42 Å². The summed E-state index contributed by atoms with van der Waals surface area (Å²) in [5.74, 6) is 2.28. The molecule has 1 aromatic rings. The maximum Gasteiger partial charge on any atom is 0.340 e. The molecule has 3 nitrogen and oxygen atoms in total. The number of ether oxygens (including phenoxy) is 1. The Hall–Kier alpha value is -1.69. The van der Waals surface area contributed by atoms with Gasteiger partial charge >= 0.3 is 5.97 Å². The molecule has 0 aliphatic heterocycles. The van der Waals surface area contributed by atoms with E-state index in [-0.39, 0.29) is 5.97 Å². The Labute approximate surface area is 103 Å². The summed E-state index contributed by atoms with van der Waals surface area (Å²) in [6.07, 6.45) is 5.30. The van der Waals surface area contributed by atoms with Crippen LogP contribution in [0.4, 0.5) is 0 Å². The minimum absolute atomic E-state index is 0.297. The highest BCUT2D eigenvalue weighted by molar-refractivity contribution is 5.91. The fourth-order valence-electron chi connectivity index (χ4n) is 1.68. The van der Waals surface area contributed by atoms with Crippen molar-refractivity contribution in [1.29, 1.82) is 0 Å². The zero-order valence-electron chi connectivity index (χ0n) is 11.1. The van der Waals surface area contributed by atoms with Crippen molar-refractivity contribution in [2.75, 3.05) is 0 Å².